The molecule has 0 bridgehead atoms. The molecule has 0 radical (unpaired) electrons. The molecule has 0 saturated heterocycles. The number of rotatable bonds is 5. The van der Waals surface area contributed by atoms with E-state index in [1.54, 1.807) is 0 Å². The monoisotopic (exact) mass is 194 g/mol. The van der Waals surface area contributed by atoms with Gasteiger partial charge in [-0.25, -0.2) is 0 Å². The maximum absolute atomic E-state index is 10.3. The Balaban J connectivity index is 3.70. The lowest BCUT2D eigenvalue weighted by Gasteiger charge is -2.08. The average molecular weight is 194 g/mol. The van der Waals surface area contributed by atoms with E-state index in [4.69, 9.17) is 10.8 Å². The molecule has 4 N–H and O–H groups in total. The van der Waals surface area contributed by atoms with Crippen LogP contribution in [-0.4, -0.2) is 22.1 Å². The fraction of sp³-hybridized carbons (Fsp3) is 0.600. The predicted octanol–water partition coefficient (Wildman–Crippen LogP) is -0.0597. The molecule has 0 saturated carbocycles. The van der Waals surface area contributed by atoms with Gasteiger partial charge in [0, 0.05) is 0 Å². The number of hydrogen-bond acceptors (Lipinski definition) is 4. The molecule has 0 heterocycles. The van der Waals surface area contributed by atoms with Gasteiger partial charge >= 0.3 is 5.97 Å². The minimum absolute atomic E-state index is 0.319. The standard InChI is InChI=1S/C5H10N2O2S2/c6-4(10)2-1-3(7-11)5(8)9/h3,7,11H,1-2H2,(H2,6,10)(H,8,9)/t3-/m0/s1. The molecule has 1 atom stereocenters. The van der Waals surface area contributed by atoms with E-state index in [1.165, 1.54) is 0 Å². The van der Waals surface area contributed by atoms with Crippen LogP contribution in [0, 0.1) is 0 Å². The number of thiol groups is 1. The van der Waals surface area contributed by atoms with Crippen molar-refractivity contribution in [3.05, 3.63) is 0 Å². The maximum atomic E-state index is 10.3. The van der Waals surface area contributed by atoms with Crippen LogP contribution in [0.5, 0.6) is 0 Å². The lowest BCUT2D eigenvalue weighted by Crippen LogP contribution is -2.31. The fourth-order valence-corrected chi connectivity index (χ4v) is 0.887. The van der Waals surface area contributed by atoms with Gasteiger partial charge in [0.05, 0.1) is 4.99 Å². The van der Waals surface area contributed by atoms with Gasteiger partial charge < -0.3 is 10.8 Å². The van der Waals surface area contributed by atoms with Crippen molar-refractivity contribution in [3.63, 3.8) is 0 Å². The summed E-state index contributed by atoms with van der Waals surface area (Å²) in [5.41, 5.74) is 5.18. The second kappa shape index (κ2) is 5.34. The number of nitrogens with one attached hydrogen (secondary N) is 1. The van der Waals surface area contributed by atoms with Gasteiger partial charge in [-0.05, 0) is 12.8 Å². The Morgan fingerprint density at radius 1 is 1.82 bits per heavy atom. The molecule has 0 fully saturated rings. The summed E-state index contributed by atoms with van der Waals surface area (Å²) in [6.07, 6.45) is 0.786. The third kappa shape index (κ3) is 5.00. The van der Waals surface area contributed by atoms with Crippen molar-refractivity contribution in [3.8, 4) is 0 Å². The van der Waals surface area contributed by atoms with Gasteiger partial charge in [0.1, 0.15) is 6.04 Å². The number of aliphatic carboxylic acids is 1. The molecule has 0 rings (SSSR count). The van der Waals surface area contributed by atoms with Gasteiger partial charge in [-0.3, -0.25) is 9.52 Å². The zero-order valence-corrected chi connectivity index (χ0v) is 7.49. The van der Waals surface area contributed by atoms with Gasteiger partial charge in [-0.15, -0.1) is 0 Å². The average Bonchev–Trinajstić information content (AvgIpc) is 1.87. The highest BCUT2D eigenvalue weighted by Gasteiger charge is 2.14. The van der Waals surface area contributed by atoms with Gasteiger partial charge in [-0.1, -0.05) is 25.0 Å². The Hall–Kier alpha value is -0.330. The molecule has 6 heteroatoms. The molecule has 4 nitrogen and oxygen atoms in total. The Morgan fingerprint density at radius 3 is 2.64 bits per heavy atom. The maximum Gasteiger partial charge on any atom is 0.321 e. The summed E-state index contributed by atoms with van der Waals surface area (Å²) < 4.78 is 2.34. The van der Waals surface area contributed by atoms with E-state index in [9.17, 15) is 4.79 Å². The van der Waals surface area contributed by atoms with Crippen molar-refractivity contribution in [2.45, 2.75) is 18.9 Å². The van der Waals surface area contributed by atoms with Gasteiger partial charge in [0.15, 0.2) is 0 Å². The summed E-state index contributed by atoms with van der Waals surface area (Å²) in [4.78, 5) is 10.7. The van der Waals surface area contributed by atoms with E-state index in [0.29, 0.717) is 17.8 Å². The van der Waals surface area contributed by atoms with Gasteiger partial charge in [0.25, 0.3) is 0 Å². The van der Waals surface area contributed by atoms with E-state index < -0.39 is 12.0 Å². The summed E-state index contributed by atoms with van der Waals surface area (Å²) in [5, 5.41) is 8.49. The molecule has 0 aliphatic carbocycles. The normalized spacial score (nSPS) is 12.5. The summed E-state index contributed by atoms with van der Waals surface area (Å²) in [7, 11) is 0. The quantitative estimate of drug-likeness (QED) is 0.364. The largest absolute Gasteiger partial charge is 0.480 e. The zero-order chi connectivity index (χ0) is 8.85. The number of carbonyl (C=O) groups is 1. The van der Waals surface area contributed by atoms with Crippen LogP contribution in [0.15, 0.2) is 0 Å². The van der Waals surface area contributed by atoms with Crippen LogP contribution in [0.1, 0.15) is 12.8 Å². The summed E-state index contributed by atoms with van der Waals surface area (Å²) in [5.74, 6) is -0.948. The van der Waals surface area contributed by atoms with Crippen LogP contribution >= 0.6 is 25.0 Å². The van der Waals surface area contributed by atoms with Crippen molar-refractivity contribution in [1.29, 1.82) is 0 Å². The van der Waals surface area contributed by atoms with Crippen molar-refractivity contribution in [2.75, 3.05) is 0 Å². The zero-order valence-electron chi connectivity index (χ0n) is 5.78. The molecular weight excluding hydrogens is 184 g/mol. The third-order valence-corrected chi connectivity index (χ3v) is 1.65. The van der Waals surface area contributed by atoms with Crippen LogP contribution in [0.25, 0.3) is 0 Å². The third-order valence-electron chi connectivity index (χ3n) is 1.13. The first-order valence-corrected chi connectivity index (χ1v) is 3.84. The second-order valence-electron chi connectivity index (χ2n) is 2.02. The molecule has 0 amide bonds. The number of nitrogens with two attached hydrogens (primary N) is 1. The summed E-state index contributed by atoms with van der Waals surface area (Å²) in [6.45, 7) is 0. The number of hydrogen-bond donors (Lipinski definition) is 4. The van der Waals surface area contributed by atoms with E-state index in [0.717, 1.165) is 0 Å². The van der Waals surface area contributed by atoms with Crippen LogP contribution in [0.2, 0.25) is 0 Å². The fourth-order valence-electron chi connectivity index (χ4n) is 0.530. The van der Waals surface area contributed by atoms with Gasteiger partial charge in [0.2, 0.25) is 0 Å². The van der Waals surface area contributed by atoms with Crippen molar-refractivity contribution < 1.29 is 9.90 Å². The molecule has 11 heavy (non-hydrogen) atoms. The van der Waals surface area contributed by atoms with E-state index in [-0.39, 0.29) is 0 Å². The minimum Gasteiger partial charge on any atom is -0.480 e. The van der Waals surface area contributed by atoms with Crippen molar-refractivity contribution >= 4 is 36.0 Å². The van der Waals surface area contributed by atoms with Crippen molar-refractivity contribution in [1.82, 2.24) is 4.72 Å². The van der Waals surface area contributed by atoms with Crippen LogP contribution in [0.3, 0.4) is 0 Å². The first kappa shape index (κ1) is 10.7. The second-order valence-corrected chi connectivity index (χ2v) is 2.81. The first-order chi connectivity index (χ1) is 5.07. The topological polar surface area (TPSA) is 75.3 Å². The van der Waals surface area contributed by atoms with Gasteiger partial charge in [-0.2, -0.15) is 0 Å². The molecular formula is C5H10N2O2S2. The van der Waals surface area contributed by atoms with E-state index in [1.807, 2.05) is 0 Å². The molecule has 0 spiro atoms. The number of carboxylic acids is 1. The Morgan fingerprint density at radius 2 is 2.36 bits per heavy atom. The highest BCUT2D eigenvalue weighted by Crippen LogP contribution is 1.98. The van der Waals surface area contributed by atoms with Crippen LogP contribution < -0.4 is 10.5 Å². The number of thiocarbonyl (C=S) groups is 1. The summed E-state index contributed by atoms with van der Waals surface area (Å²) >= 11 is 8.22. The summed E-state index contributed by atoms with van der Waals surface area (Å²) in [6, 6.07) is -0.681. The Labute approximate surface area is 75.7 Å². The Bertz CT molecular complexity index is 163. The SMILES string of the molecule is NC(=S)CC[C@H](NS)C(=O)O. The lowest BCUT2D eigenvalue weighted by molar-refractivity contribution is -0.138. The minimum atomic E-state index is -0.948. The van der Waals surface area contributed by atoms with E-state index >= 15 is 0 Å². The molecule has 64 valence electrons. The molecule has 0 aliphatic rings. The lowest BCUT2D eigenvalue weighted by atomic mass is 10.2. The molecule has 0 aromatic carbocycles. The highest BCUT2D eigenvalue weighted by molar-refractivity contribution is 7.80. The molecule has 0 aromatic rings. The molecule has 0 aromatic heterocycles. The predicted molar refractivity (Wildman–Crippen MR) is 49.6 cm³/mol. The number of carboxylic acid groups (broad SMARTS) is 1. The van der Waals surface area contributed by atoms with Crippen LogP contribution in [0.4, 0.5) is 0 Å². The van der Waals surface area contributed by atoms with E-state index in [2.05, 4.69) is 29.8 Å². The first-order valence-electron chi connectivity index (χ1n) is 2.98. The smallest absolute Gasteiger partial charge is 0.321 e. The van der Waals surface area contributed by atoms with Crippen molar-refractivity contribution in [2.24, 2.45) is 5.73 Å². The molecule has 0 unspecified atom stereocenters. The van der Waals surface area contributed by atoms with Crippen LogP contribution in [-0.2, 0) is 4.79 Å². The molecule has 0 aliphatic heterocycles. The Kier molecular flexibility index (Phi) is 5.18. The highest BCUT2D eigenvalue weighted by atomic mass is 32.1.